The first-order chi connectivity index (χ1) is 11.6. The molecule has 132 valence electrons. The molecule has 3 rings (SSSR count). The Bertz CT molecular complexity index is 660. The fraction of sp³-hybridized carbons (Fsp3) is 0.588. The molecule has 1 saturated heterocycles. The van der Waals surface area contributed by atoms with E-state index in [2.05, 4.69) is 5.32 Å². The quantitative estimate of drug-likeness (QED) is 0.874. The summed E-state index contributed by atoms with van der Waals surface area (Å²) in [5.74, 6) is 0.437. The van der Waals surface area contributed by atoms with E-state index in [-0.39, 0.29) is 10.8 Å². The fourth-order valence-electron chi connectivity index (χ4n) is 3.27. The standard InChI is InChI=1S/C17H24N2O4S/c20-17(18-13-14-3-1-2-4-14)15-5-7-16(8-6-15)24(21,22)19-9-11-23-12-10-19/h5-8,14H,1-4,9-13H2,(H,18,20). The number of carbonyl (C=O) groups excluding carboxylic acids is 1. The van der Waals surface area contributed by atoms with Gasteiger partial charge in [-0.3, -0.25) is 4.79 Å². The van der Waals surface area contributed by atoms with Gasteiger partial charge in [0.05, 0.1) is 18.1 Å². The molecule has 0 bridgehead atoms. The van der Waals surface area contributed by atoms with Gasteiger partial charge >= 0.3 is 0 Å². The Labute approximate surface area is 143 Å². The van der Waals surface area contributed by atoms with Gasteiger partial charge in [-0.15, -0.1) is 0 Å². The van der Waals surface area contributed by atoms with E-state index in [9.17, 15) is 13.2 Å². The average molecular weight is 352 g/mol. The van der Waals surface area contributed by atoms with Crippen LogP contribution in [0.1, 0.15) is 36.0 Å². The van der Waals surface area contributed by atoms with Gasteiger partial charge in [0.15, 0.2) is 0 Å². The van der Waals surface area contributed by atoms with Crippen LogP contribution in [0.25, 0.3) is 0 Å². The molecule has 24 heavy (non-hydrogen) atoms. The number of ether oxygens (including phenoxy) is 1. The third kappa shape index (κ3) is 3.96. The number of nitrogens with zero attached hydrogens (tertiary/aromatic N) is 1. The summed E-state index contributed by atoms with van der Waals surface area (Å²) in [7, 11) is -3.51. The van der Waals surface area contributed by atoms with Crippen LogP contribution in [-0.2, 0) is 14.8 Å². The van der Waals surface area contributed by atoms with Crippen molar-refractivity contribution in [2.75, 3.05) is 32.8 Å². The van der Waals surface area contributed by atoms with Crippen LogP contribution in [0.3, 0.4) is 0 Å². The zero-order chi connectivity index (χ0) is 17.0. The van der Waals surface area contributed by atoms with Crippen molar-refractivity contribution >= 4 is 15.9 Å². The van der Waals surface area contributed by atoms with Gasteiger partial charge in [0.25, 0.3) is 5.91 Å². The van der Waals surface area contributed by atoms with Gasteiger partial charge in [0, 0.05) is 25.2 Å². The minimum atomic E-state index is -3.51. The van der Waals surface area contributed by atoms with E-state index in [4.69, 9.17) is 4.74 Å². The summed E-state index contributed by atoms with van der Waals surface area (Å²) in [5.41, 5.74) is 0.494. The molecule has 0 atom stereocenters. The molecule has 6 nitrogen and oxygen atoms in total. The van der Waals surface area contributed by atoms with Crippen LogP contribution in [-0.4, -0.2) is 51.5 Å². The van der Waals surface area contributed by atoms with Crippen molar-refractivity contribution < 1.29 is 17.9 Å². The molecule has 2 fully saturated rings. The summed E-state index contributed by atoms with van der Waals surface area (Å²) in [6.45, 7) is 2.27. The molecule has 1 aliphatic carbocycles. The molecule has 1 aliphatic heterocycles. The summed E-state index contributed by atoms with van der Waals surface area (Å²) in [4.78, 5) is 12.4. The van der Waals surface area contributed by atoms with E-state index in [1.807, 2.05) is 0 Å². The number of sulfonamides is 1. The van der Waals surface area contributed by atoms with Crippen molar-refractivity contribution in [3.8, 4) is 0 Å². The van der Waals surface area contributed by atoms with E-state index in [0.717, 1.165) is 0 Å². The minimum absolute atomic E-state index is 0.141. The maximum atomic E-state index is 12.5. The normalized spacial score (nSPS) is 20.2. The monoisotopic (exact) mass is 352 g/mol. The van der Waals surface area contributed by atoms with Gasteiger partial charge in [-0.1, -0.05) is 12.8 Å². The van der Waals surface area contributed by atoms with Crippen molar-refractivity contribution in [2.24, 2.45) is 5.92 Å². The smallest absolute Gasteiger partial charge is 0.251 e. The van der Waals surface area contributed by atoms with Crippen LogP contribution in [0.4, 0.5) is 0 Å². The van der Waals surface area contributed by atoms with Gasteiger partial charge in [-0.2, -0.15) is 4.31 Å². The Morgan fingerprint density at radius 1 is 1.12 bits per heavy atom. The lowest BCUT2D eigenvalue weighted by Gasteiger charge is -2.26. The van der Waals surface area contributed by atoms with Crippen molar-refractivity contribution in [3.05, 3.63) is 29.8 Å². The van der Waals surface area contributed by atoms with Gasteiger partial charge in [-0.05, 0) is 43.0 Å². The number of rotatable bonds is 5. The largest absolute Gasteiger partial charge is 0.379 e. The minimum Gasteiger partial charge on any atom is -0.379 e. The molecule has 1 aromatic rings. The first-order valence-electron chi connectivity index (χ1n) is 8.53. The summed E-state index contributed by atoms with van der Waals surface area (Å²) in [6, 6.07) is 6.18. The van der Waals surface area contributed by atoms with Crippen LogP contribution in [0.15, 0.2) is 29.2 Å². The topological polar surface area (TPSA) is 75.7 Å². The van der Waals surface area contributed by atoms with Crippen LogP contribution >= 0.6 is 0 Å². The molecule has 7 heteroatoms. The summed E-state index contributed by atoms with van der Waals surface area (Å²) in [5, 5.41) is 2.95. The molecular weight excluding hydrogens is 328 g/mol. The highest BCUT2D eigenvalue weighted by Crippen LogP contribution is 2.24. The summed E-state index contributed by atoms with van der Waals surface area (Å²) < 4.78 is 31.7. The maximum Gasteiger partial charge on any atom is 0.251 e. The van der Waals surface area contributed by atoms with Crippen molar-refractivity contribution in [1.82, 2.24) is 9.62 Å². The average Bonchev–Trinajstić information content (AvgIpc) is 3.14. The molecule has 1 saturated carbocycles. The van der Waals surface area contributed by atoms with Gasteiger partial charge in [-0.25, -0.2) is 8.42 Å². The third-order valence-corrected chi connectivity index (χ3v) is 6.66. The molecule has 0 unspecified atom stereocenters. The third-order valence-electron chi connectivity index (χ3n) is 4.75. The predicted molar refractivity (Wildman–Crippen MR) is 90.3 cm³/mol. The number of amides is 1. The molecule has 1 N–H and O–H groups in total. The zero-order valence-corrected chi connectivity index (χ0v) is 14.6. The number of carbonyl (C=O) groups is 1. The Hall–Kier alpha value is -1.44. The second-order valence-corrected chi connectivity index (χ2v) is 8.34. The fourth-order valence-corrected chi connectivity index (χ4v) is 4.68. The molecule has 2 aliphatic rings. The summed E-state index contributed by atoms with van der Waals surface area (Å²) in [6.07, 6.45) is 4.84. The van der Waals surface area contributed by atoms with E-state index >= 15 is 0 Å². The molecule has 1 aromatic carbocycles. The first-order valence-corrected chi connectivity index (χ1v) is 9.97. The lowest BCUT2D eigenvalue weighted by Crippen LogP contribution is -2.40. The van der Waals surface area contributed by atoms with Crippen molar-refractivity contribution in [2.45, 2.75) is 30.6 Å². The van der Waals surface area contributed by atoms with Crippen LogP contribution < -0.4 is 5.32 Å². The number of benzene rings is 1. The predicted octanol–water partition coefficient (Wildman–Crippen LogP) is 1.63. The Kier molecular flexibility index (Phi) is 5.53. The highest BCUT2D eigenvalue weighted by molar-refractivity contribution is 7.89. The Balaban J connectivity index is 1.62. The van der Waals surface area contributed by atoms with Crippen LogP contribution in [0, 0.1) is 5.92 Å². The van der Waals surface area contributed by atoms with Crippen molar-refractivity contribution in [1.29, 1.82) is 0 Å². The lowest BCUT2D eigenvalue weighted by atomic mass is 10.1. The highest BCUT2D eigenvalue weighted by Gasteiger charge is 2.26. The molecular formula is C17H24N2O4S. The Morgan fingerprint density at radius 3 is 2.38 bits per heavy atom. The van der Waals surface area contributed by atoms with Gasteiger partial charge in [0.2, 0.25) is 10.0 Å². The maximum absolute atomic E-state index is 12.5. The van der Waals surface area contributed by atoms with E-state index < -0.39 is 10.0 Å². The van der Waals surface area contributed by atoms with E-state index in [0.29, 0.717) is 44.3 Å². The number of morpholine rings is 1. The molecule has 1 amide bonds. The van der Waals surface area contributed by atoms with Gasteiger partial charge in [0.1, 0.15) is 0 Å². The molecule has 0 radical (unpaired) electrons. The molecule has 0 aromatic heterocycles. The van der Waals surface area contributed by atoms with E-state index in [1.165, 1.54) is 42.1 Å². The Morgan fingerprint density at radius 2 is 1.75 bits per heavy atom. The SMILES string of the molecule is O=C(NCC1CCCC1)c1ccc(S(=O)(=O)N2CCOCC2)cc1. The zero-order valence-electron chi connectivity index (χ0n) is 13.7. The second kappa shape index (κ2) is 7.63. The van der Waals surface area contributed by atoms with Crippen molar-refractivity contribution in [3.63, 3.8) is 0 Å². The number of hydrogen-bond acceptors (Lipinski definition) is 4. The van der Waals surface area contributed by atoms with Crippen LogP contribution in [0.5, 0.6) is 0 Å². The molecule has 1 heterocycles. The number of hydrogen-bond donors (Lipinski definition) is 1. The first kappa shape index (κ1) is 17.4. The highest BCUT2D eigenvalue weighted by atomic mass is 32.2. The molecule has 0 spiro atoms. The second-order valence-electron chi connectivity index (χ2n) is 6.40. The summed E-state index contributed by atoms with van der Waals surface area (Å²) >= 11 is 0. The number of nitrogens with one attached hydrogen (secondary N) is 1. The van der Waals surface area contributed by atoms with E-state index in [1.54, 1.807) is 12.1 Å². The lowest BCUT2D eigenvalue weighted by molar-refractivity contribution is 0.0730. The van der Waals surface area contributed by atoms with Gasteiger partial charge < -0.3 is 10.1 Å². The van der Waals surface area contributed by atoms with Crippen LogP contribution in [0.2, 0.25) is 0 Å².